The predicted molar refractivity (Wildman–Crippen MR) is 80.2 cm³/mol. The number of hydrogen-bond acceptors (Lipinski definition) is 0. The molecular formula is C14H12BrFMg. The van der Waals surface area contributed by atoms with Crippen molar-refractivity contribution < 1.29 is 4.70 Å². The van der Waals surface area contributed by atoms with E-state index in [0.29, 0.717) is 0 Å². The zero-order valence-corrected chi connectivity index (χ0v) is 10.1. The van der Waals surface area contributed by atoms with Crippen LogP contribution in [0.4, 0.5) is 4.70 Å². The second kappa shape index (κ2) is 5.80. The van der Waals surface area contributed by atoms with Crippen molar-refractivity contribution >= 4 is 60.5 Å². The molecule has 0 fully saturated rings. The van der Waals surface area contributed by atoms with Crippen molar-refractivity contribution in [2.24, 2.45) is 0 Å². The molecule has 0 aliphatic rings. The van der Waals surface area contributed by atoms with E-state index in [-0.39, 0.29) is 27.8 Å². The van der Waals surface area contributed by atoms with E-state index in [1.807, 2.05) is 0 Å². The highest BCUT2D eigenvalue weighted by atomic mass is 79.9. The van der Waals surface area contributed by atoms with E-state index >= 15 is 0 Å². The first-order valence-corrected chi connectivity index (χ1v) is 5.71. The highest BCUT2D eigenvalue weighted by Gasteiger charge is 1.99. The fourth-order valence-corrected chi connectivity index (χ4v) is 2.42. The molecule has 0 aliphatic heterocycles. The van der Waals surface area contributed by atoms with Gasteiger partial charge < -0.3 is 0 Å². The lowest BCUT2D eigenvalue weighted by Gasteiger charge is -2.03. The maximum atomic E-state index is 3.58. The number of rotatable bonds is 0. The summed E-state index contributed by atoms with van der Waals surface area (Å²) in [6, 6.07) is 19.2. The Kier molecular flexibility index (Phi) is 4.92. The Hall–Kier alpha value is -0.644. The van der Waals surface area contributed by atoms with Gasteiger partial charge in [0.05, 0.1) is 0 Å². The van der Waals surface area contributed by atoms with E-state index in [4.69, 9.17) is 0 Å². The molecular weight excluding hydrogens is 291 g/mol. The summed E-state index contributed by atoms with van der Waals surface area (Å²) < 4.78 is 1.16. The van der Waals surface area contributed by atoms with Crippen molar-refractivity contribution in [3.63, 3.8) is 0 Å². The van der Waals surface area contributed by atoms with Crippen molar-refractivity contribution in [1.29, 1.82) is 0 Å². The number of hydrogen-bond donors (Lipinski definition) is 0. The Morgan fingerprint density at radius 2 is 1.29 bits per heavy atom. The zero-order chi connectivity index (χ0) is 10.3. The summed E-state index contributed by atoms with van der Waals surface area (Å²) >= 11 is 3.58. The van der Waals surface area contributed by atoms with Gasteiger partial charge in [0.15, 0.2) is 0 Å². The standard InChI is InChI=1S/C14H9Br.FH.Mg.2H/c15-14-7-3-6-12-8-10-4-1-2-5-11(10)9-13(12)14;;;;/h1-9H;1H;;;. The smallest absolute Gasteiger partial charge is 0.269 e. The molecule has 0 aliphatic carbocycles. The van der Waals surface area contributed by atoms with E-state index < -0.39 is 0 Å². The van der Waals surface area contributed by atoms with Crippen LogP contribution < -0.4 is 0 Å². The summed E-state index contributed by atoms with van der Waals surface area (Å²) in [6.45, 7) is 0. The minimum absolute atomic E-state index is 0. The van der Waals surface area contributed by atoms with Crippen LogP contribution in [0.1, 0.15) is 0 Å². The van der Waals surface area contributed by atoms with Crippen molar-refractivity contribution in [1.82, 2.24) is 0 Å². The van der Waals surface area contributed by atoms with Crippen LogP contribution in [0.2, 0.25) is 0 Å². The predicted octanol–water partition coefficient (Wildman–Crippen LogP) is 3.99. The minimum atomic E-state index is 0. The highest BCUT2D eigenvalue weighted by Crippen LogP contribution is 2.28. The summed E-state index contributed by atoms with van der Waals surface area (Å²) in [5, 5.41) is 5.14. The third-order valence-electron chi connectivity index (χ3n) is 2.69. The fourth-order valence-electron chi connectivity index (χ4n) is 1.93. The second-order valence-electron chi connectivity index (χ2n) is 3.66. The molecule has 3 aromatic rings. The molecule has 0 saturated carbocycles. The highest BCUT2D eigenvalue weighted by molar-refractivity contribution is 9.10. The minimum Gasteiger partial charge on any atom is -0.269 e. The zero-order valence-electron chi connectivity index (χ0n) is 8.48. The van der Waals surface area contributed by atoms with Crippen LogP contribution in [0.25, 0.3) is 21.5 Å². The average molecular weight is 303 g/mol. The lowest BCUT2D eigenvalue weighted by atomic mass is 10.0. The van der Waals surface area contributed by atoms with Crippen molar-refractivity contribution in [2.45, 2.75) is 0 Å². The van der Waals surface area contributed by atoms with Gasteiger partial charge in [0.1, 0.15) is 0 Å². The number of benzene rings is 3. The Morgan fingerprint density at radius 1 is 0.706 bits per heavy atom. The maximum absolute atomic E-state index is 3.58. The lowest BCUT2D eigenvalue weighted by Crippen LogP contribution is -1.76. The Morgan fingerprint density at radius 3 is 2.00 bits per heavy atom. The molecule has 3 aromatic carbocycles. The first kappa shape index (κ1) is 14.4. The van der Waals surface area contributed by atoms with Crippen molar-refractivity contribution in [3.05, 3.63) is 59.1 Å². The van der Waals surface area contributed by atoms with Gasteiger partial charge in [-0.2, -0.15) is 0 Å². The van der Waals surface area contributed by atoms with Gasteiger partial charge in [-0.15, -0.1) is 0 Å². The third kappa shape index (κ3) is 2.62. The normalized spacial score (nSPS) is 9.71. The quantitative estimate of drug-likeness (QED) is 0.435. The summed E-state index contributed by atoms with van der Waals surface area (Å²) in [6.07, 6.45) is 0. The summed E-state index contributed by atoms with van der Waals surface area (Å²) in [4.78, 5) is 0. The van der Waals surface area contributed by atoms with Gasteiger partial charge in [-0.25, -0.2) is 0 Å². The first-order valence-electron chi connectivity index (χ1n) is 4.92. The molecule has 0 radical (unpaired) electrons. The van der Waals surface area contributed by atoms with Crippen LogP contribution in [0, 0.1) is 0 Å². The third-order valence-corrected chi connectivity index (χ3v) is 3.38. The molecule has 3 heteroatoms. The van der Waals surface area contributed by atoms with Gasteiger partial charge in [0, 0.05) is 4.47 Å². The maximum Gasteiger partial charge on any atom is 0.316 e. The van der Waals surface area contributed by atoms with Gasteiger partial charge in [-0.1, -0.05) is 52.3 Å². The molecule has 0 amide bonds. The first-order chi connectivity index (χ1) is 7.34. The average Bonchev–Trinajstić information content (AvgIpc) is 2.27. The van der Waals surface area contributed by atoms with E-state index in [9.17, 15) is 0 Å². The molecule has 0 spiro atoms. The van der Waals surface area contributed by atoms with Crippen molar-refractivity contribution in [2.75, 3.05) is 0 Å². The number of halogens is 2. The topological polar surface area (TPSA) is 0 Å². The number of fused-ring (bicyclic) bond motifs is 2. The van der Waals surface area contributed by atoms with Gasteiger partial charge >= 0.3 is 23.1 Å². The van der Waals surface area contributed by atoms with Crippen LogP contribution in [0.3, 0.4) is 0 Å². The van der Waals surface area contributed by atoms with E-state index in [0.717, 1.165) is 4.47 Å². The summed E-state index contributed by atoms with van der Waals surface area (Å²) in [5.41, 5.74) is 0. The molecule has 0 heterocycles. The van der Waals surface area contributed by atoms with E-state index in [1.54, 1.807) is 0 Å². The monoisotopic (exact) mass is 302 g/mol. The lowest BCUT2D eigenvalue weighted by molar-refractivity contribution is 1.11. The molecule has 0 atom stereocenters. The molecule has 0 unspecified atom stereocenters. The van der Waals surface area contributed by atoms with E-state index in [1.165, 1.54) is 21.5 Å². The van der Waals surface area contributed by atoms with E-state index in [2.05, 4.69) is 70.5 Å². The van der Waals surface area contributed by atoms with Gasteiger partial charge in [-0.3, -0.25) is 4.70 Å². The molecule has 0 aromatic heterocycles. The summed E-state index contributed by atoms with van der Waals surface area (Å²) in [7, 11) is 0. The van der Waals surface area contributed by atoms with Crippen LogP contribution in [0.15, 0.2) is 59.1 Å². The van der Waals surface area contributed by atoms with Gasteiger partial charge in [0.25, 0.3) is 0 Å². The SMILES string of the molecule is Brc1cccc2cc3ccccc3cc12.F.[MgH2]. The molecule has 0 saturated heterocycles. The van der Waals surface area contributed by atoms with Crippen LogP contribution in [0.5, 0.6) is 0 Å². The molecule has 0 nitrogen and oxygen atoms in total. The second-order valence-corrected chi connectivity index (χ2v) is 4.51. The molecule has 84 valence electrons. The van der Waals surface area contributed by atoms with Gasteiger partial charge in [0.2, 0.25) is 0 Å². The molecule has 17 heavy (non-hydrogen) atoms. The molecule has 0 bridgehead atoms. The molecule has 3 rings (SSSR count). The van der Waals surface area contributed by atoms with Gasteiger partial charge in [-0.05, 0) is 39.7 Å². The Balaban J connectivity index is 0.000000722. The Labute approximate surface area is 124 Å². The van der Waals surface area contributed by atoms with Crippen LogP contribution in [-0.4, -0.2) is 23.1 Å². The summed E-state index contributed by atoms with van der Waals surface area (Å²) in [5.74, 6) is 0. The molecule has 0 N–H and O–H groups in total. The van der Waals surface area contributed by atoms with Crippen LogP contribution >= 0.6 is 15.9 Å². The largest absolute Gasteiger partial charge is 0.316 e. The van der Waals surface area contributed by atoms with Crippen LogP contribution in [-0.2, 0) is 0 Å². The van der Waals surface area contributed by atoms with Crippen molar-refractivity contribution in [3.8, 4) is 0 Å². The Bertz CT molecular complexity index is 652. The fraction of sp³-hybridized carbons (Fsp3) is 0.